The zero-order valence-corrected chi connectivity index (χ0v) is 14.8. The van der Waals surface area contributed by atoms with E-state index in [4.69, 9.17) is 5.73 Å². The lowest BCUT2D eigenvalue weighted by Gasteiger charge is -2.16. The molecule has 0 spiro atoms. The monoisotopic (exact) mass is 381 g/mol. The van der Waals surface area contributed by atoms with Crippen LogP contribution in [-0.2, 0) is 16.0 Å². The molecule has 0 radical (unpaired) electrons. The fraction of sp³-hybridized carbons (Fsp3) is 0.111. The van der Waals surface area contributed by atoms with Crippen LogP contribution in [0, 0.1) is 0 Å². The van der Waals surface area contributed by atoms with Crippen LogP contribution in [0.15, 0.2) is 54.9 Å². The van der Waals surface area contributed by atoms with E-state index in [-0.39, 0.29) is 11.3 Å². The fourth-order valence-corrected chi connectivity index (χ4v) is 3.08. The Morgan fingerprint density at radius 2 is 1.78 bits per heavy atom. The van der Waals surface area contributed by atoms with Crippen molar-refractivity contribution in [1.82, 2.24) is 19.9 Å². The van der Waals surface area contributed by atoms with E-state index in [2.05, 4.69) is 19.9 Å². The van der Waals surface area contributed by atoms with Crippen LogP contribution in [0.3, 0.4) is 0 Å². The average molecular weight is 381 g/mol. The molecule has 2 aromatic heterocycles. The summed E-state index contributed by atoms with van der Waals surface area (Å²) < 4.78 is 3.82. The normalized spacial score (nSPS) is 11.6. The quantitative estimate of drug-likeness (QED) is 0.588. The van der Waals surface area contributed by atoms with Crippen LogP contribution in [0.25, 0.3) is 11.3 Å². The van der Waals surface area contributed by atoms with Gasteiger partial charge in [-0.25, -0.2) is 0 Å². The zero-order valence-electron chi connectivity index (χ0n) is 14.0. The minimum atomic E-state index is -1.10. The highest BCUT2D eigenvalue weighted by Gasteiger charge is 2.28. The summed E-state index contributed by atoms with van der Waals surface area (Å²) in [6, 6.07) is 11.3. The van der Waals surface area contributed by atoms with Crippen LogP contribution >= 0.6 is 11.5 Å². The molecule has 9 heteroatoms. The van der Waals surface area contributed by atoms with Gasteiger partial charge in [-0.2, -0.15) is 0 Å². The fourth-order valence-electron chi connectivity index (χ4n) is 2.49. The number of pyridine rings is 1. The first-order valence-electron chi connectivity index (χ1n) is 7.97. The molecule has 0 saturated carbocycles. The SMILES string of the molecule is NC(=O)C(=O)C(Cc1ccccc1)NC(=O)c1snnc1-c1ccncc1. The van der Waals surface area contributed by atoms with Crippen LogP contribution in [0.4, 0.5) is 0 Å². The number of amides is 2. The van der Waals surface area contributed by atoms with Gasteiger partial charge in [0, 0.05) is 24.4 Å². The summed E-state index contributed by atoms with van der Waals surface area (Å²) in [7, 11) is 0. The topological polar surface area (TPSA) is 128 Å². The number of benzene rings is 1. The molecular weight excluding hydrogens is 366 g/mol. The third kappa shape index (κ3) is 4.39. The second-order valence-corrected chi connectivity index (χ2v) is 6.38. The minimum absolute atomic E-state index is 0.144. The number of hydrogen-bond acceptors (Lipinski definition) is 7. The number of ketones is 1. The standard InChI is InChI=1S/C18H15N5O3S/c19-17(25)15(24)13(10-11-4-2-1-3-5-11)21-18(26)16-14(22-23-27-16)12-6-8-20-9-7-12/h1-9,13H,10H2,(H2,19,25)(H,21,26). The maximum absolute atomic E-state index is 12.7. The number of hydrogen-bond donors (Lipinski definition) is 2. The lowest BCUT2D eigenvalue weighted by Crippen LogP contribution is -2.47. The van der Waals surface area contributed by atoms with Gasteiger partial charge in [-0.3, -0.25) is 19.4 Å². The third-order valence-corrected chi connectivity index (χ3v) is 4.52. The van der Waals surface area contributed by atoms with E-state index < -0.39 is 23.6 Å². The Kier molecular flexibility index (Phi) is 5.62. The molecule has 3 N–H and O–H groups in total. The van der Waals surface area contributed by atoms with Gasteiger partial charge < -0.3 is 11.1 Å². The second-order valence-electron chi connectivity index (χ2n) is 5.63. The molecule has 27 heavy (non-hydrogen) atoms. The van der Waals surface area contributed by atoms with Crippen molar-refractivity contribution in [1.29, 1.82) is 0 Å². The van der Waals surface area contributed by atoms with Crippen LogP contribution in [-0.4, -0.2) is 38.2 Å². The van der Waals surface area contributed by atoms with E-state index in [0.717, 1.165) is 17.1 Å². The summed E-state index contributed by atoms with van der Waals surface area (Å²) >= 11 is 0.900. The van der Waals surface area contributed by atoms with E-state index >= 15 is 0 Å². The lowest BCUT2D eigenvalue weighted by molar-refractivity contribution is -0.137. The summed E-state index contributed by atoms with van der Waals surface area (Å²) in [6.07, 6.45) is 3.29. The van der Waals surface area contributed by atoms with E-state index in [1.807, 2.05) is 6.07 Å². The Morgan fingerprint density at radius 1 is 1.07 bits per heavy atom. The van der Waals surface area contributed by atoms with Gasteiger partial charge in [-0.1, -0.05) is 34.8 Å². The molecule has 0 aliphatic heterocycles. The van der Waals surface area contributed by atoms with Gasteiger partial charge >= 0.3 is 0 Å². The number of aromatic nitrogens is 3. The third-order valence-electron chi connectivity index (χ3n) is 3.80. The number of carbonyl (C=O) groups is 3. The molecule has 136 valence electrons. The minimum Gasteiger partial charge on any atom is -0.363 e. The van der Waals surface area contributed by atoms with Gasteiger partial charge in [0.1, 0.15) is 16.6 Å². The molecule has 0 aliphatic carbocycles. The number of carbonyl (C=O) groups excluding carboxylic acids is 3. The van der Waals surface area contributed by atoms with Crippen molar-refractivity contribution < 1.29 is 14.4 Å². The smallest absolute Gasteiger partial charge is 0.287 e. The van der Waals surface area contributed by atoms with Gasteiger partial charge in [0.2, 0.25) is 5.78 Å². The molecule has 8 nitrogen and oxygen atoms in total. The summed E-state index contributed by atoms with van der Waals surface area (Å²) in [6.45, 7) is 0. The van der Waals surface area contributed by atoms with Crippen molar-refractivity contribution in [2.45, 2.75) is 12.5 Å². The number of primary amides is 1. The van der Waals surface area contributed by atoms with Crippen LogP contribution in [0.2, 0.25) is 0 Å². The molecule has 2 amide bonds. The summed E-state index contributed by atoms with van der Waals surface area (Å²) in [4.78, 5) is 40.4. The Balaban J connectivity index is 1.84. The van der Waals surface area contributed by atoms with Crippen molar-refractivity contribution >= 4 is 29.1 Å². The highest BCUT2D eigenvalue weighted by Crippen LogP contribution is 2.23. The largest absolute Gasteiger partial charge is 0.363 e. The zero-order chi connectivity index (χ0) is 19.2. The lowest BCUT2D eigenvalue weighted by atomic mass is 10.0. The highest BCUT2D eigenvalue weighted by atomic mass is 32.1. The van der Waals surface area contributed by atoms with Gasteiger partial charge in [0.25, 0.3) is 11.8 Å². The van der Waals surface area contributed by atoms with Crippen molar-refractivity contribution in [3.05, 3.63) is 65.3 Å². The summed E-state index contributed by atoms with van der Waals surface area (Å²) in [5, 5.41) is 6.57. The molecular formula is C18H15N5O3S. The van der Waals surface area contributed by atoms with Gasteiger partial charge in [0.05, 0.1) is 0 Å². The maximum Gasteiger partial charge on any atom is 0.287 e. The predicted molar refractivity (Wildman–Crippen MR) is 98.7 cm³/mol. The molecule has 0 aliphatic rings. The molecule has 1 unspecified atom stereocenters. The van der Waals surface area contributed by atoms with E-state index in [1.54, 1.807) is 48.8 Å². The Morgan fingerprint density at radius 3 is 2.44 bits per heavy atom. The molecule has 3 rings (SSSR count). The molecule has 2 heterocycles. The van der Waals surface area contributed by atoms with Crippen LogP contribution in [0.1, 0.15) is 15.2 Å². The average Bonchev–Trinajstić information content (AvgIpc) is 3.18. The first-order chi connectivity index (χ1) is 13.1. The van der Waals surface area contributed by atoms with Crippen molar-refractivity contribution in [2.75, 3.05) is 0 Å². The summed E-state index contributed by atoms with van der Waals surface area (Å²) in [5.74, 6) is -2.52. The van der Waals surface area contributed by atoms with Crippen molar-refractivity contribution in [3.63, 3.8) is 0 Å². The van der Waals surface area contributed by atoms with Crippen LogP contribution in [0.5, 0.6) is 0 Å². The van der Waals surface area contributed by atoms with Gasteiger partial charge in [0.15, 0.2) is 0 Å². The van der Waals surface area contributed by atoms with E-state index in [9.17, 15) is 14.4 Å². The number of nitrogens with one attached hydrogen (secondary N) is 1. The van der Waals surface area contributed by atoms with E-state index in [1.165, 1.54) is 0 Å². The Hall–Kier alpha value is -3.46. The number of nitrogens with zero attached hydrogens (tertiary/aromatic N) is 3. The number of Topliss-reactive ketones (excluding diaryl/α,β-unsaturated/α-hetero) is 1. The van der Waals surface area contributed by atoms with Gasteiger partial charge in [-0.15, -0.1) is 5.10 Å². The maximum atomic E-state index is 12.7. The van der Waals surface area contributed by atoms with Gasteiger partial charge in [-0.05, 0) is 29.2 Å². The first-order valence-corrected chi connectivity index (χ1v) is 8.74. The molecule has 0 bridgehead atoms. The van der Waals surface area contributed by atoms with E-state index in [0.29, 0.717) is 11.3 Å². The molecule has 3 aromatic rings. The van der Waals surface area contributed by atoms with Crippen LogP contribution < -0.4 is 11.1 Å². The number of nitrogens with two attached hydrogens (primary N) is 1. The molecule has 0 saturated heterocycles. The first kappa shape index (κ1) is 18.3. The second kappa shape index (κ2) is 8.28. The Bertz CT molecular complexity index is 959. The Labute approximate surface area is 158 Å². The highest BCUT2D eigenvalue weighted by molar-refractivity contribution is 7.08. The number of rotatable bonds is 7. The molecule has 1 aromatic carbocycles. The predicted octanol–water partition coefficient (Wildman–Crippen LogP) is 0.996. The molecule has 0 fully saturated rings. The summed E-state index contributed by atoms with van der Waals surface area (Å²) in [5.41, 5.74) is 6.97. The molecule has 1 atom stereocenters. The van der Waals surface area contributed by atoms with Crippen molar-refractivity contribution in [3.8, 4) is 11.3 Å². The van der Waals surface area contributed by atoms with Crippen molar-refractivity contribution in [2.24, 2.45) is 5.73 Å².